The van der Waals surface area contributed by atoms with Crippen LogP contribution in [0.5, 0.6) is 11.5 Å². The van der Waals surface area contributed by atoms with Crippen molar-refractivity contribution in [2.45, 2.75) is 12.4 Å². The lowest BCUT2D eigenvalue weighted by atomic mass is 9.81. The first-order chi connectivity index (χ1) is 20.6. The van der Waals surface area contributed by atoms with Gasteiger partial charge < -0.3 is 20.8 Å². The minimum atomic E-state index is -4.76. The number of fused-ring (bicyclic) bond motifs is 2. The van der Waals surface area contributed by atoms with Crippen LogP contribution in [0.2, 0.25) is 0 Å². The van der Waals surface area contributed by atoms with E-state index in [1.54, 1.807) is 0 Å². The van der Waals surface area contributed by atoms with E-state index in [2.05, 4.69) is 10.6 Å². The Morgan fingerprint density at radius 3 is 1.25 bits per heavy atom. The second kappa shape index (κ2) is 10.6. The first-order valence-corrected chi connectivity index (χ1v) is 12.4. The van der Waals surface area contributed by atoms with E-state index in [4.69, 9.17) is 0 Å². The molecule has 4 N–H and O–H groups in total. The fraction of sp³-hybridized carbons (Fsp3) is 0.0667. The molecule has 1 aliphatic rings. The van der Waals surface area contributed by atoms with Crippen molar-refractivity contribution >= 4 is 34.8 Å². The average molecular weight is 614 g/mol. The van der Waals surface area contributed by atoms with Gasteiger partial charge in [-0.3, -0.25) is 19.2 Å². The maximum absolute atomic E-state index is 13.7. The predicted octanol–water partition coefficient (Wildman–Crippen LogP) is 6.42. The van der Waals surface area contributed by atoms with Crippen molar-refractivity contribution in [1.82, 2.24) is 0 Å². The highest BCUT2D eigenvalue weighted by molar-refractivity contribution is 6.34. The van der Waals surface area contributed by atoms with Gasteiger partial charge in [-0.25, -0.2) is 0 Å². The molecule has 2 amide bonds. The molecule has 0 aliphatic heterocycles. The predicted molar refractivity (Wildman–Crippen MR) is 142 cm³/mol. The van der Waals surface area contributed by atoms with Crippen molar-refractivity contribution in [2.75, 3.05) is 10.6 Å². The minimum Gasteiger partial charge on any atom is -0.507 e. The van der Waals surface area contributed by atoms with E-state index in [9.17, 15) is 55.7 Å². The Morgan fingerprint density at radius 1 is 0.545 bits per heavy atom. The van der Waals surface area contributed by atoms with Crippen LogP contribution in [-0.4, -0.2) is 33.6 Å². The molecule has 0 saturated carbocycles. The molecule has 0 bridgehead atoms. The number of nitrogens with one attached hydrogen (secondary N) is 2. The number of hydrogen-bond donors (Lipinski definition) is 4. The van der Waals surface area contributed by atoms with Crippen LogP contribution in [-0.2, 0) is 12.4 Å². The molecule has 4 aromatic carbocycles. The van der Waals surface area contributed by atoms with Gasteiger partial charge in [-0.15, -0.1) is 0 Å². The van der Waals surface area contributed by atoms with Crippen molar-refractivity contribution in [3.8, 4) is 11.5 Å². The Bertz CT molecular complexity index is 1760. The highest BCUT2D eigenvalue weighted by Gasteiger charge is 2.39. The Kier molecular flexibility index (Phi) is 7.16. The second-order valence-corrected chi connectivity index (χ2v) is 9.49. The van der Waals surface area contributed by atoms with Crippen LogP contribution in [0.25, 0.3) is 0 Å². The molecule has 1 aliphatic carbocycles. The van der Waals surface area contributed by atoms with E-state index < -0.39 is 91.7 Å². The van der Waals surface area contributed by atoms with Crippen LogP contribution >= 0.6 is 0 Å². The van der Waals surface area contributed by atoms with Gasteiger partial charge >= 0.3 is 12.4 Å². The minimum absolute atomic E-state index is 0.387. The van der Waals surface area contributed by atoms with Gasteiger partial charge in [-0.1, -0.05) is 12.1 Å². The fourth-order valence-corrected chi connectivity index (χ4v) is 4.64. The Labute approximate surface area is 242 Å². The normalized spacial score (nSPS) is 12.8. The number of carbonyl (C=O) groups is 4. The number of phenolic OH excluding ortho intramolecular Hbond substituents is 2. The third kappa shape index (κ3) is 5.32. The molecule has 0 fully saturated rings. The summed E-state index contributed by atoms with van der Waals surface area (Å²) >= 11 is 0. The summed E-state index contributed by atoms with van der Waals surface area (Å²) in [6.07, 6.45) is -9.52. The fourth-order valence-electron chi connectivity index (χ4n) is 4.64. The monoisotopic (exact) mass is 614 g/mol. The van der Waals surface area contributed by atoms with Gasteiger partial charge in [0, 0.05) is 11.1 Å². The number of phenols is 2. The molecule has 14 heteroatoms. The van der Waals surface area contributed by atoms with E-state index in [0.29, 0.717) is 12.1 Å². The van der Waals surface area contributed by atoms with Crippen LogP contribution in [0, 0.1) is 0 Å². The SMILES string of the molecule is O=C(Nc1ccc(O)c2c1C(=O)c1c(O)ccc(NC(=O)c3cccc(C(F)(F)F)c3)c1C2=O)c1cccc(C(F)(F)F)c1. The lowest BCUT2D eigenvalue weighted by Crippen LogP contribution is -2.26. The number of benzene rings is 4. The molecule has 0 spiro atoms. The molecule has 0 radical (unpaired) electrons. The Balaban J connectivity index is 1.54. The number of hydrogen-bond acceptors (Lipinski definition) is 6. The van der Waals surface area contributed by atoms with Gasteiger partial charge in [0.1, 0.15) is 11.5 Å². The molecular formula is C30H16F6N2O6. The first kappa shape index (κ1) is 29.8. The lowest BCUT2D eigenvalue weighted by molar-refractivity contribution is -0.138. The molecule has 0 unspecified atom stereocenters. The molecule has 0 saturated heterocycles. The quantitative estimate of drug-likeness (QED) is 0.137. The summed E-state index contributed by atoms with van der Waals surface area (Å²) < 4.78 is 78.8. The molecule has 0 heterocycles. The van der Waals surface area contributed by atoms with Gasteiger partial charge in [0.15, 0.2) is 0 Å². The Hall–Kier alpha value is -5.66. The van der Waals surface area contributed by atoms with Gasteiger partial charge in [0.05, 0.1) is 44.8 Å². The van der Waals surface area contributed by atoms with Crippen LogP contribution in [0.1, 0.15) is 63.7 Å². The zero-order valence-corrected chi connectivity index (χ0v) is 21.7. The van der Waals surface area contributed by atoms with E-state index >= 15 is 0 Å². The van der Waals surface area contributed by atoms with E-state index in [0.717, 1.165) is 60.7 Å². The average Bonchev–Trinajstić information content (AvgIpc) is 2.96. The van der Waals surface area contributed by atoms with Crippen molar-refractivity contribution in [1.29, 1.82) is 0 Å². The number of amides is 2. The van der Waals surface area contributed by atoms with Gasteiger partial charge in [0.2, 0.25) is 11.6 Å². The number of rotatable bonds is 4. The maximum atomic E-state index is 13.7. The lowest BCUT2D eigenvalue weighted by Gasteiger charge is -2.24. The number of anilines is 2. The molecule has 4 aromatic rings. The van der Waals surface area contributed by atoms with Gasteiger partial charge in [-0.2, -0.15) is 26.3 Å². The maximum Gasteiger partial charge on any atom is 0.416 e. The number of aromatic hydroxyl groups is 2. The standard InChI is InChI=1S/C30H16F6N2O6/c31-29(32,33)15-5-1-3-13(11-15)27(43)37-17-7-9-19(39)23-21(17)25(41)24-20(40)10-8-18(22(24)26(23)42)38-28(44)14-4-2-6-16(12-14)30(34,35)36/h1-12,39-40H,(H,37,43)(H,38,44). The largest absolute Gasteiger partial charge is 0.507 e. The summed E-state index contributed by atoms with van der Waals surface area (Å²) in [5, 5.41) is 25.6. The number of alkyl halides is 6. The van der Waals surface area contributed by atoms with E-state index in [1.165, 1.54) is 0 Å². The molecule has 0 atom stereocenters. The van der Waals surface area contributed by atoms with Gasteiger partial charge in [0.25, 0.3) is 11.8 Å². The van der Waals surface area contributed by atoms with Crippen LogP contribution in [0.15, 0.2) is 72.8 Å². The third-order valence-corrected chi connectivity index (χ3v) is 6.68. The zero-order valence-electron chi connectivity index (χ0n) is 21.7. The van der Waals surface area contributed by atoms with Crippen molar-refractivity contribution < 1.29 is 55.7 Å². The number of halogens is 6. The number of ketones is 2. The summed E-state index contributed by atoms with van der Waals surface area (Å²) in [5.41, 5.74) is -6.43. The van der Waals surface area contributed by atoms with Crippen molar-refractivity contribution in [3.63, 3.8) is 0 Å². The van der Waals surface area contributed by atoms with E-state index in [-0.39, 0.29) is 11.4 Å². The van der Waals surface area contributed by atoms with Crippen LogP contribution in [0.3, 0.4) is 0 Å². The molecule has 44 heavy (non-hydrogen) atoms. The van der Waals surface area contributed by atoms with Crippen LogP contribution in [0.4, 0.5) is 37.7 Å². The molecule has 5 rings (SSSR count). The molecular weight excluding hydrogens is 598 g/mol. The summed E-state index contributed by atoms with van der Waals surface area (Å²) in [6.45, 7) is 0. The third-order valence-electron chi connectivity index (χ3n) is 6.68. The zero-order chi connectivity index (χ0) is 32.1. The first-order valence-electron chi connectivity index (χ1n) is 12.4. The molecule has 224 valence electrons. The van der Waals surface area contributed by atoms with E-state index in [1.807, 2.05) is 0 Å². The topological polar surface area (TPSA) is 133 Å². The highest BCUT2D eigenvalue weighted by atomic mass is 19.4. The summed E-state index contributed by atoms with van der Waals surface area (Å²) in [6, 6.07) is 10.6. The summed E-state index contributed by atoms with van der Waals surface area (Å²) in [4.78, 5) is 53.0. The smallest absolute Gasteiger partial charge is 0.416 e. The van der Waals surface area contributed by atoms with Crippen LogP contribution < -0.4 is 10.6 Å². The van der Waals surface area contributed by atoms with Gasteiger partial charge in [-0.05, 0) is 60.7 Å². The molecule has 0 aromatic heterocycles. The number of carbonyl (C=O) groups excluding carboxylic acids is 4. The Morgan fingerprint density at radius 2 is 0.909 bits per heavy atom. The second-order valence-electron chi connectivity index (χ2n) is 9.49. The molecule has 8 nitrogen and oxygen atoms in total. The highest BCUT2D eigenvalue weighted by Crippen LogP contribution is 2.43. The summed E-state index contributed by atoms with van der Waals surface area (Å²) in [7, 11) is 0. The summed E-state index contributed by atoms with van der Waals surface area (Å²) in [5.74, 6) is -5.92. The van der Waals surface area contributed by atoms with Crippen molar-refractivity contribution in [3.05, 3.63) is 117 Å². The van der Waals surface area contributed by atoms with Crippen molar-refractivity contribution in [2.24, 2.45) is 0 Å².